The fourth-order valence-corrected chi connectivity index (χ4v) is 3.69. The van der Waals surface area contributed by atoms with Crippen molar-refractivity contribution in [2.45, 2.75) is 64.2 Å². The molecular formula is C19H29N3. The van der Waals surface area contributed by atoms with Gasteiger partial charge in [-0.15, -0.1) is 0 Å². The Morgan fingerprint density at radius 3 is 2.50 bits per heavy atom. The quantitative estimate of drug-likeness (QED) is 0.905. The van der Waals surface area contributed by atoms with E-state index in [1.807, 2.05) is 0 Å². The molecule has 0 aromatic heterocycles. The molecule has 2 heterocycles. The summed E-state index contributed by atoms with van der Waals surface area (Å²) in [5.41, 5.74) is 3.12. The monoisotopic (exact) mass is 299 g/mol. The van der Waals surface area contributed by atoms with Crippen LogP contribution in [0.5, 0.6) is 0 Å². The summed E-state index contributed by atoms with van der Waals surface area (Å²) < 4.78 is 0. The summed E-state index contributed by atoms with van der Waals surface area (Å²) in [6.45, 7) is 11.3. The maximum atomic E-state index is 4.63. The zero-order valence-electron chi connectivity index (χ0n) is 14.3. The summed E-state index contributed by atoms with van der Waals surface area (Å²) in [5, 5.41) is 3.52. The second-order valence-electron chi connectivity index (χ2n) is 7.69. The largest absolute Gasteiger partial charge is 0.283 e. The van der Waals surface area contributed by atoms with E-state index in [-0.39, 0.29) is 11.7 Å². The molecule has 3 rings (SSSR count). The van der Waals surface area contributed by atoms with Gasteiger partial charge in [-0.3, -0.25) is 15.2 Å². The SMILES string of the molecule is CC1C(c2ccc(C(C)(C)C)cc2)CCN1C1N=CCCN1. The van der Waals surface area contributed by atoms with Crippen LogP contribution in [0.2, 0.25) is 0 Å². The van der Waals surface area contributed by atoms with E-state index in [9.17, 15) is 0 Å². The van der Waals surface area contributed by atoms with Crippen LogP contribution in [0.25, 0.3) is 0 Å². The van der Waals surface area contributed by atoms with Gasteiger partial charge in [0.15, 0.2) is 6.29 Å². The molecule has 0 radical (unpaired) electrons. The van der Waals surface area contributed by atoms with E-state index < -0.39 is 0 Å². The highest BCUT2D eigenvalue weighted by atomic mass is 15.4. The van der Waals surface area contributed by atoms with E-state index in [1.54, 1.807) is 0 Å². The van der Waals surface area contributed by atoms with Gasteiger partial charge in [-0.1, -0.05) is 45.0 Å². The molecule has 3 nitrogen and oxygen atoms in total. The topological polar surface area (TPSA) is 27.6 Å². The molecule has 0 saturated carbocycles. The second kappa shape index (κ2) is 6.13. The van der Waals surface area contributed by atoms with Crippen molar-refractivity contribution in [2.24, 2.45) is 4.99 Å². The van der Waals surface area contributed by atoms with Gasteiger partial charge in [-0.25, -0.2) is 0 Å². The fourth-order valence-electron chi connectivity index (χ4n) is 3.69. The normalized spacial score (nSPS) is 29.9. The minimum Gasteiger partial charge on any atom is -0.283 e. The van der Waals surface area contributed by atoms with Crippen molar-refractivity contribution >= 4 is 6.21 Å². The van der Waals surface area contributed by atoms with Gasteiger partial charge in [-0.05, 0) is 36.3 Å². The number of benzene rings is 1. The van der Waals surface area contributed by atoms with Gasteiger partial charge in [-0.2, -0.15) is 0 Å². The molecule has 1 fully saturated rings. The third-order valence-electron chi connectivity index (χ3n) is 5.17. The molecule has 3 unspecified atom stereocenters. The summed E-state index contributed by atoms with van der Waals surface area (Å²) in [5.74, 6) is 0.618. The van der Waals surface area contributed by atoms with Crippen LogP contribution in [0.3, 0.4) is 0 Å². The number of hydrogen-bond donors (Lipinski definition) is 1. The zero-order chi connectivity index (χ0) is 15.7. The lowest BCUT2D eigenvalue weighted by Crippen LogP contribution is -2.48. The number of likely N-dealkylation sites (tertiary alicyclic amines) is 1. The number of aliphatic imine (C=N–C) groups is 1. The molecule has 1 aromatic carbocycles. The molecule has 0 amide bonds. The molecule has 1 N–H and O–H groups in total. The van der Waals surface area contributed by atoms with Gasteiger partial charge in [0.1, 0.15) is 0 Å². The van der Waals surface area contributed by atoms with Gasteiger partial charge in [0.05, 0.1) is 0 Å². The molecule has 22 heavy (non-hydrogen) atoms. The highest BCUT2D eigenvalue weighted by molar-refractivity contribution is 5.58. The fraction of sp³-hybridized carbons (Fsp3) is 0.632. The van der Waals surface area contributed by atoms with E-state index in [4.69, 9.17) is 0 Å². The predicted molar refractivity (Wildman–Crippen MR) is 93.6 cm³/mol. The second-order valence-corrected chi connectivity index (χ2v) is 7.69. The Hall–Kier alpha value is -1.19. The van der Waals surface area contributed by atoms with Crippen LogP contribution >= 0.6 is 0 Å². The van der Waals surface area contributed by atoms with Crippen molar-refractivity contribution in [3.05, 3.63) is 35.4 Å². The Morgan fingerprint density at radius 2 is 1.91 bits per heavy atom. The standard InChI is InChI=1S/C19H29N3/c1-14-17(10-13-22(14)18-20-11-5-12-21-18)15-6-8-16(9-7-15)19(2,3)4/h6-9,11,14,17-18,21H,5,10,12-13H2,1-4H3. The first kappa shape index (κ1) is 15.7. The summed E-state index contributed by atoms with van der Waals surface area (Å²) in [6.07, 6.45) is 4.53. The lowest BCUT2D eigenvalue weighted by Gasteiger charge is -2.32. The number of hydrogen-bond acceptors (Lipinski definition) is 3. The first-order valence-corrected chi connectivity index (χ1v) is 8.58. The van der Waals surface area contributed by atoms with E-state index in [0.717, 1.165) is 19.5 Å². The average Bonchev–Trinajstić information content (AvgIpc) is 2.89. The predicted octanol–water partition coefficient (Wildman–Crippen LogP) is 3.51. The molecule has 1 saturated heterocycles. The van der Waals surface area contributed by atoms with Crippen LogP contribution in [0.15, 0.2) is 29.3 Å². The van der Waals surface area contributed by atoms with Gasteiger partial charge < -0.3 is 0 Å². The zero-order valence-corrected chi connectivity index (χ0v) is 14.3. The first-order chi connectivity index (χ1) is 10.5. The summed E-state index contributed by atoms with van der Waals surface area (Å²) in [4.78, 5) is 7.14. The van der Waals surface area contributed by atoms with Crippen LogP contribution < -0.4 is 5.32 Å². The maximum absolute atomic E-state index is 4.63. The molecule has 2 aliphatic rings. The molecule has 0 bridgehead atoms. The summed E-state index contributed by atoms with van der Waals surface area (Å²) in [7, 11) is 0. The molecule has 3 heteroatoms. The van der Waals surface area contributed by atoms with Gasteiger partial charge in [0.25, 0.3) is 0 Å². The smallest absolute Gasteiger partial charge is 0.155 e. The molecule has 120 valence electrons. The van der Waals surface area contributed by atoms with Crippen molar-refractivity contribution in [1.29, 1.82) is 0 Å². The highest BCUT2D eigenvalue weighted by Crippen LogP contribution is 2.35. The van der Waals surface area contributed by atoms with Crippen LogP contribution in [-0.4, -0.2) is 36.5 Å². The van der Waals surface area contributed by atoms with E-state index in [1.165, 1.54) is 17.5 Å². The molecule has 2 aliphatic heterocycles. The Morgan fingerprint density at radius 1 is 1.18 bits per heavy atom. The Kier molecular flexibility index (Phi) is 4.37. The van der Waals surface area contributed by atoms with E-state index >= 15 is 0 Å². The van der Waals surface area contributed by atoms with Crippen molar-refractivity contribution in [3.8, 4) is 0 Å². The van der Waals surface area contributed by atoms with E-state index in [0.29, 0.717) is 12.0 Å². The van der Waals surface area contributed by atoms with Gasteiger partial charge in [0.2, 0.25) is 0 Å². The van der Waals surface area contributed by atoms with Crippen molar-refractivity contribution in [2.75, 3.05) is 13.1 Å². The van der Waals surface area contributed by atoms with Crippen LogP contribution in [-0.2, 0) is 5.41 Å². The molecule has 0 aliphatic carbocycles. The van der Waals surface area contributed by atoms with Crippen molar-refractivity contribution in [1.82, 2.24) is 10.2 Å². The maximum Gasteiger partial charge on any atom is 0.155 e. The Balaban J connectivity index is 1.73. The van der Waals surface area contributed by atoms with Gasteiger partial charge >= 0.3 is 0 Å². The molecule has 1 aromatic rings. The van der Waals surface area contributed by atoms with Crippen LogP contribution in [0.1, 0.15) is 57.6 Å². The summed E-state index contributed by atoms with van der Waals surface area (Å²) >= 11 is 0. The first-order valence-electron chi connectivity index (χ1n) is 8.58. The van der Waals surface area contributed by atoms with E-state index in [2.05, 4.69) is 73.4 Å². The minimum atomic E-state index is 0.183. The lowest BCUT2D eigenvalue weighted by atomic mass is 9.84. The number of nitrogens with one attached hydrogen (secondary N) is 1. The number of rotatable bonds is 2. The third-order valence-corrected chi connectivity index (χ3v) is 5.17. The van der Waals surface area contributed by atoms with Crippen molar-refractivity contribution in [3.63, 3.8) is 0 Å². The lowest BCUT2D eigenvalue weighted by molar-refractivity contribution is 0.157. The van der Waals surface area contributed by atoms with Crippen LogP contribution in [0.4, 0.5) is 0 Å². The van der Waals surface area contributed by atoms with Crippen LogP contribution in [0, 0.1) is 0 Å². The Bertz CT molecular complexity index is 527. The van der Waals surface area contributed by atoms with Gasteiger partial charge in [0, 0.05) is 31.3 Å². The Labute approximate surface area is 134 Å². The highest BCUT2D eigenvalue weighted by Gasteiger charge is 2.36. The summed E-state index contributed by atoms with van der Waals surface area (Å²) in [6, 6.07) is 9.82. The molecular weight excluding hydrogens is 270 g/mol. The minimum absolute atomic E-state index is 0.183. The number of nitrogens with zero attached hydrogens (tertiary/aromatic N) is 2. The third kappa shape index (κ3) is 3.11. The molecule has 0 spiro atoms. The molecule has 3 atom stereocenters. The van der Waals surface area contributed by atoms with Crippen molar-refractivity contribution < 1.29 is 0 Å². The average molecular weight is 299 g/mol.